The summed E-state index contributed by atoms with van der Waals surface area (Å²) in [5.41, 5.74) is 4.03. The lowest BCUT2D eigenvalue weighted by Crippen LogP contribution is -2.26. The summed E-state index contributed by atoms with van der Waals surface area (Å²) in [4.78, 5) is 29.6. The van der Waals surface area contributed by atoms with Crippen LogP contribution in [0.1, 0.15) is 76.3 Å². The number of nitrogens with zero attached hydrogens (tertiary/aromatic N) is 2. The number of carbonyl (C=O) groups excluding carboxylic acids is 1. The minimum absolute atomic E-state index is 0.00586. The average Bonchev–Trinajstić information content (AvgIpc) is 2.71. The lowest BCUT2D eigenvalue weighted by molar-refractivity contribution is -0.121. The van der Waals surface area contributed by atoms with Gasteiger partial charge in [-0.1, -0.05) is 70.6 Å². The van der Waals surface area contributed by atoms with E-state index in [1.54, 1.807) is 11.6 Å². The molecule has 176 valence electrons. The van der Waals surface area contributed by atoms with E-state index in [4.69, 9.17) is 4.98 Å². The fourth-order valence-corrected chi connectivity index (χ4v) is 4.32. The van der Waals surface area contributed by atoms with E-state index in [1.807, 2.05) is 6.92 Å². The molecule has 0 atom stereocenters. The summed E-state index contributed by atoms with van der Waals surface area (Å²) < 4.78 is 1.64. The molecule has 1 amide bonds. The van der Waals surface area contributed by atoms with E-state index in [2.05, 4.69) is 64.2 Å². The van der Waals surface area contributed by atoms with Crippen LogP contribution >= 0.6 is 11.8 Å². The predicted octanol–water partition coefficient (Wildman–Crippen LogP) is 5.01. The van der Waals surface area contributed by atoms with Gasteiger partial charge in [0.05, 0.1) is 0 Å². The smallest absolute Gasteiger partial charge is 0.257 e. The van der Waals surface area contributed by atoms with Crippen LogP contribution in [0.15, 0.2) is 34.2 Å². The topological polar surface area (TPSA) is 64.0 Å². The Morgan fingerprint density at radius 2 is 1.84 bits per heavy atom. The Morgan fingerprint density at radius 3 is 2.44 bits per heavy atom. The highest BCUT2D eigenvalue weighted by molar-refractivity contribution is 7.99. The van der Waals surface area contributed by atoms with Crippen molar-refractivity contribution >= 4 is 17.7 Å². The number of hydrogen-bond acceptors (Lipinski definition) is 4. The second kappa shape index (κ2) is 11.7. The zero-order chi connectivity index (χ0) is 23.9. The number of benzene rings is 1. The number of thioether (sulfide) groups is 1. The highest BCUT2D eigenvalue weighted by Crippen LogP contribution is 2.23. The van der Waals surface area contributed by atoms with Crippen molar-refractivity contribution in [3.05, 3.63) is 57.0 Å². The van der Waals surface area contributed by atoms with Gasteiger partial charge in [0.15, 0.2) is 5.16 Å². The van der Waals surface area contributed by atoms with Gasteiger partial charge in [0, 0.05) is 43.4 Å². The van der Waals surface area contributed by atoms with Crippen molar-refractivity contribution in [2.45, 2.75) is 77.8 Å². The third kappa shape index (κ3) is 7.80. The van der Waals surface area contributed by atoms with Gasteiger partial charge in [-0.15, -0.1) is 0 Å². The zero-order valence-electron chi connectivity index (χ0n) is 20.7. The van der Waals surface area contributed by atoms with Crippen molar-refractivity contribution in [3.63, 3.8) is 0 Å². The molecule has 0 spiro atoms. The first-order valence-corrected chi connectivity index (χ1v) is 12.5. The summed E-state index contributed by atoms with van der Waals surface area (Å²) in [6.45, 7) is 13.5. The number of carbonyl (C=O) groups is 1. The minimum atomic E-state index is 0.00586. The summed E-state index contributed by atoms with van der Waals surface area (Å²) in [7, 11) is 1.78. The number of aromatic nitrogens is 2. The number of rotatable bonds is 10. The monoisotopic (exact) mass is 457 g/mol. The first-order valence-electron chi connectivity index (χ1n) is 11.5. The fourth-order valence-electron chi connectivity index (χ4n) is 3.37. The third-order valence-corrected chi connectivity index (χ3v) is 6.69. The summed E-state index contributed by atoms with van der Waals surface area (Å²) in [5, 5.41) is 3.67. The molecule has 1 aromatic carbocycles. The van der Waals surface area contributed by atoms with Crippen LogP contribution in [0.5, 0.6) is 0 Å². The van der Waals surface area contributed by atoms with E-state index >= 15 is 0 Å². The number of aryl methyl sites for hydroxylation is 1. The molecule has 0 radical (unpaired) electrons. The minimum Gasteiger partial charge on any atom is -0.356 e. The van der Waals surface area contributed by atoms with E-state index in [0.717, 1.165) is 42.0 Å². The molecule has 1 heterocycles. The van der Waals surface area contributed by atoms with Crippen molar-refractivity contribution < 1.29 is 4.79 Å². The van der Waals surface area contributed by atoms with E-state index in [-0.39, 0.29) is 16.9 Å². The van der Waals surface area contributed by atoms with Gasteiger partial charge >= 0.3 is 0 Å². The number of hydrogen-bond donors (Lipinski definition) is 1. The molecule has 0 aliphatic rings. The van der Waals surface area contributed by atoms with E-state index in [0.29, 0.717) is 23.9 Å². The summed E-state index contributed by atoms with van der Waals surface area (Å²) >= 11 is 1.54. The van der Waals surface area contributed by atoms with Crippen molar-refractivity contribution in [3.8, 4) is 0 Å². The predicted molar refractivity (Wildman–Crippen MR) is 135 cm³/mol. The Kier molecular flexibility index (Phi) is 9.56. The maximum absolute atomic E-state index is 13.0. The largest absolute Gasteiger partial charge is 0.356 e. The molecule has 1 aromatic heterocycles. The van der Waals surface area contributed by atoms with Crippen LogP contribution in [-0.2, 0) is 23.7 Å². The Morgan fingerprint density at radius 1 is 1.19 bits per heavy atom. The van der Waals surface area contributed by atoms with Crippen LogP contribution in [0, 0.1) is 12.8 Å². The molecular weight excluding hydrogens is 418 g/mol. The lowest BCUT2D eigenvalue weighted by Gasteiger charge is -2.19. The Hall–Kier alpha value is -2.08. The van der Waals surface area contributed by atoms with Crippen LogP contribution in [0.4, 0.5) is 0 Å². The van der Waals surface area contributed by atoms with Gasteiger partial charge in [0.1, 0.15) is 0 Å². The molecule has 2 aromatic rings. The lowest BCUT2D eigenvalue weighted by atomic mass is 9.86. The summed E-state index contributed by atoms with van der Waals surface area (Å²) in [6.07, 6.45) is 2.84. The summed E-state index contributed by atoms with van der Waals surface area (Å²) in [6, 6.07) is 8.50. The molecule has 0 saturated heterocycles. The Balaban J connectivity index is 1.96. The molecule has 6 heteroatoms. The molecule has 2 rings (SSSR count). The van der Waals surface area contributed by atoms with Crippen molar-refractivity contribution in [1.82, 2.24) is 14.9 Å². The Bertz CT molecular complexity index is 957. The SMILES string of the molecule is Cc1nc(SCCCC(=O)NCCC(C)C)n(C)c(=O)c1Cc1ccc(C(C)(C)C)cc1. The average molecular weight is 458 g/mol. The molecule has 0 saturated carbocycles. The molecule has 5 nitrogen and oxygen atoms in total. The van der Waals surface area contributed by atoms with Gasteiger partial charge in [-0.25, -0.2) is 4.98 Å². The number of amides is 1. The molecule has 0 fully saturated rings. The molecular formula is C26H39N3O2S. The van der Waals surface area contributed by atoms with E-state index < -0.39 is 0 Å². The van der Waals surface area contributed by atoms with Crippen LogP contribution in [0.2, 0.25) is 0 Å². The third-order valence-electron chi connectivity index (χ3n) is 5.57. The quantitative estimate of drug-likeness (QED) is 0.309. The first-order chi connectivity index (χ1) is 15.0. The van der Waals surface area contributed by atoms with Crippen LogP contribution in [0.25, 0.3) is 0 Å². The van der Waals surface area contributed by atoms with Crippen molar-refractivity contribution in [2.24, 2.45) is 13.0 Å². The molecule has 32 heavy (non-hydrogen) atoms. The molecule has 0 unspecified atom stereocenters. The van der Waals surface area contributed by atoms with Gasteiger partial charge in [0.2, 0.25) is 5.91 Å². The second-order valence-corrected chi connectivity index (χ2v) is 11.0. The highest BCUT2D eigenvalue weighted by Gasteiger charge is 2.15. The normalized spacial score (nSPS) is 11.8. The zero-order valence-corrected chi connectivity index (χ0v) is 21.6. The van der Waals surface area contributed by atoms with E-state index in [1.165, 1.54) is 17.3 Å². The maximum Gasteiger partial charge on any atom is 0.257 e. The fraction of sp³-hybridized carbons (Fsp3) is 0.577. The molecule has 0 bridgehead atoms. The van der Waals surface area contributed by atoms with Crippen LogP contribution in [-0.4, -0.2) is 27.8 Å². The summed E-state index contributed by atoms with van der Waals surface area (Å²) in [5.74, 6) is 1.44. The highest BCUT2D eigenvalue weighted by atomic mass is 32.2. The van der Waals surface area contributed by atoms with Crippen LogP contribution in [0.3, 0.4) is 0 Å². The van der Waals surface area contributed by atoms with E-state index in [9.17, 15) is 9.59 Å². The van der Waals surface area contributed by atoms with Gasteiger partial charge in [-0.2, -0.15) is 0 Å². The first kappa shape index (κ1) is 26.2. The second-order valence-electron chi connectivity index (χ2n) is 9.93. The molecule has 1 N–H and O–H groups in total. The van der Waals surface area contributed by atoms with Gasteiger partial charge in [0.25, 0.3) is 5.56 Å². The maximum atomic E-state index is 13.0. The molecule has 0 aliphatic carbocycles. The van der Waals surface area contributed by atoms with Crippen molar-refractivity contribution in [2.75, 3.05) is 12.3 Å². The van der Waals surface area contributed by atoms with Crippen molar-refractivity contribution in [1.29, 1.82) is 0 Å². The van der Waals surface area contributed by atoms with Gasteiger partial charge in [-0.3, -0.25) is 14.2 Å². The van der Waals surface area contributed by atoms with Gasteiger partial charge < -0.3 is 5.32 Å². The van der Waals surface area contributed by atoms with Gasteiger partial charge in [-0.05, 0) is 42.2 Å². The standard InChI is InChI=1S/C26H39N3O2S/c1-18(2)14-15-27-23(30)9-8-16-32-25-28-19(3)22(24(31)29(25)7)17-20-10-12-21(13-11-20)26(4,5)6/h10-13,18H,8-9,14-17H2,1-7H3,(H,27,30). The Labute approximate surface area is 197 Å². The number of nitrogens with one attached hydrogen (secondary N) is 1. The molecule has 0 aliphatic heterocycles. The van der Waals surface area contributed by atoms with Crippen LogP contribution < -0.4 is 10.9 Å².